The van der Waals surface area contributed by atoms with Crippen LogP contribution in [0.3, 0.4) is 0 Å². The second-order valence-electron chi connectivity index (χ2n) is 5.49. The first kappa shape index (κ1) is 21.6. The number of rotatable bonds is 1. The van der Waals surface area contributed by atoms with Crippen molar-refractivity contribution in [2.45, 2.75) is 63.1 Å². The van der Waals surface area contributed by atoms with Crippen LogP contribution in [0, 0.1) is 0 Å². The van der Waals surface area contributed by atoms with Gasteiger partial charge in [0.1, 0.15) is 12.2 Å². The van der Waals surface area contributed by atoms with Gasteiger partial charge in [0.05, 0.1) is 37.1 Å². The van der Waals surface area contributed by atoms with E-state index in [0.29, 0.717) is 6.54 Å². The van der Waals surface area contributed by atoms with Crippen LogP contribution in [-0.2, 0) is 0 Å². The first-order chi connectivity index (χ1) is 9.79. The van der Waals surface area contributed by atoms with Crippen LogP contribution in [-0.4, -0.2) is 104 Å². The normalized spacial score (nSPS) is 45.3. The van der Waals surface area contributed by atoms with Crippen molar-refractivity contribution in [3.63, 3.8) is 0 Å². The zero-order chi connectivity index (χ0) is 16.2. The second kappa shape index (κ2) is 9.71. The quantitative estimate of drug-likeness (QED) is 0.232. The number of nitrogens with one attached hydrogen (secondary N) is 2. The van der Waals surface area contributed by atoms with Gasteiger partial charge in [-0.05, 0) is 6.92 Å². The molecule has 0 aromatic carbocycles. The molecule has 22 heavy (non-hydrogen) atoms. The molecule has 134 valence electrons. The summed E-state index contributed by atoms with van der Waals surface area (Å²) in [5, 5.41) is 68.7. The average molecular weight is 326 g/mol. The molecule has 9 nitrogen and oxygen atoms in total. The van der Waals surface area contributed by atoms with Crippen molar-refractivity contribution in [2.75, 3.05) is 19.7 Å². The Hall–Kier alpha value is -0.360. The van der Waals surface area contributed by atoms with Crippen LogP contribution in [0.5, 0.6) is 0 Å². The molecule has 0 aliphatic carbocycles. The van der Waals surface area contributed by atoms with Crippen molar-refractivity contribution < 1.29 is 35.7 Å². The Morgan fingerprint density at radius 2 is 1.23 bits per heavy atom. The van der Waals surface area contributed by atoms with Crippen molar-refractivity contribution in [1.29, 1.82) is 0 Å². The van der Waals surface area contributed by atoms with Crippen molar-refractivity contribution in [1.82, 2.24) is 10.6 Å². The highest BCUT2D eigenvalue weighted by Crippen LogP contribution is 2.10. The van der Waals surface area contributed by atoms with Crippen LogP contribution in [0.1, 0.15) is 14.4 Å². The maximum absolute atomic E-state index is 9.18. The number of β-amino-alcohol motifs (C(OH)–C–C–N with tert-alkyl or cyclic N) is 2. The molecular formula is C13H30N2O7. The first-order valence-electron chi connectivity index (χ1n) is 6.95. The minimum atomic E-state index is -1.16. The lowest BCUT2D eigenvalue weighted by Crippen LogP contribution is -2.60. The molecule has 2 saturated heterocycles. The van der Waals surface area contributed by atoms with Crippen molar-refractivity contribution in [3.8, 4) is 0 Å². The molecule has 8 atom stereocenters. The smallest absolute Gasteiger partial charge is 0.109 e. The van der Waals surface area contributed by atoms with E-state index < -0.39 is 42.7 Å². The minimum Gasteiger partial charge on any atom is -0.395 e. The summed E-state index contributed by atoms with van der Waals surface area (Å²) in [5.74, 6) is 0. The molecular weight excluding hydrogens is 296 g/mol. The van der Waals surface area contributed by atoms with Gasteiger partial charge in [-0.2, -0.15) is 0 Å². The molecule has 2 aliphatic heterocycles. The third-order valence-corrected chi connectivity index (χ3v) is 3.85. The number of hydrogen-bond acceptors (Lipinski definition) is 9. The molecule has 0 saturated carbocycles. The van der Waals surface area contributed by atoms with Crippen molar-refractivity contribution in [2.24, 2.45) is 0 Å². The number of piperidine rings is 2. The maximum Gasteiger partial charge on any atom is 0.109 e. The Morgan fingerprint density at radius 3 is 1.68 bits per heavy atom. The third-order valence-electron chi connectivity index (χ3n) is 3.85. The predicted molar refractivity (Wildman–Crippen MR) is 79.1 cm³/mol. The molecule has 0 bridgehead atoms. The van der Waals surface area contributed by atoms with E-state index in [-0.39, 0.29) is 26.6 Å². The molecule has 0 amide bonds. The SMILES string of the molecule is C.C[C@H]1NCC(O)[C@@H](O)C1O.OCC1NCC(O)[C@H](O)[C@H]1O. The van der Waals surface area contributed by atoms with E-state index in [0.717, 1.165) is 0 Å². The van der Waals surface area contributed by atoms with Crippen LogP contribution in [0.25, 0.3) is 0 Å². The van der Waals surface area contributed by atoms with Gasteiger partial charge in [0.25, 0.3) is 0 Å². The molecule has 2 rings (SSSR count). The van der Waals surface area contributed by atoms with Crippen molar-refractivity contribution >= 4 is 0 Å². The van der Waals surface area contributed by atoms with Gasteiger partial charge in [-0.25, -0.2) is 0 Å². The molecule has 9 N–H and O–H groups in total. The Kier molecular flexibility index (Phi) is 9.55. The predicted octanol–water partition coefficient (Wildman–Crippen LogP) is -4.27. The van der Waals surface area contributed by atoms with Gasteiger partial charge in [0, 0.05) is 19.1 Å². The van der Waals surface area contributed by atoms with E-state index in [4.69, 9.17) is 30.6 Å². The third kappa shape index (κ3) is 5.37. The van der Waals surface area contributed by atoms with Crippen LogP contribution in [0.15, 0.2) is 0 Å². The molecule has 0 aromatic heterocycles. The van der Waals surface area contributed by atoms with Gasteiger partial charge >= 0.3 is 0 Å². The molecule has 2 heterocycles. The lowest BCUT2D eigenvalue weighted by molar-refractivity contribution is -0.101. The van der Waals surface area contributed by atoms with Crippen LogP contribution >= 0.6 is 0 Å². The van der Waals surface area contributed by atoms with Crippen LogP contribution in [0.4, 0.5) is 0 Å². The summed E-state index contributed by atoms with van der Waals surface area (Å²) >= 11 is 0. The monoisotopic (exact) mass is 326 g/mol. The largest absolute Gasteiger partial charge is 0.395 e. The van der Waals surface area contributed by atoms with E-state index in [1.165, 1.54) is 0 Å². The summed E-state index contributed by atoms with van der Waals surface area (Å²) in [6, 6.07) is -0.674. The van der Waals surface area contributed by atoms with E-state index in [9.17, 15) is 5.11 Å². The zero-order valence-corrected chi connectivity index (χ0v) is 11.9. The van der Waals surface area contributed by atoms with E-state index in [1.807, 2.05) is 0 Å². The lowest BCUT2D eigenvalue weighted by Gasteiger charge is -2.34. The van der Waals surface area contributed by atoms with E-state index in [1.54, 1.807) is 6.92 Å². The fourth-order valence-electron chi connectivity index (χ4n) is 2.22. The maximum atomic E-state index is 9.18. The molecule has 0 spiro atoms. The van der Waals surface area contributed by atoms with Gasteiger partial charge in [-0.15, -0.1) is 0 Å². The Labute approximate surface area is 130 Å². The zero-order valence-electron chi connectivity index (χ0n) is 11.9. The minimum absolute atomic E-state index is 0. The van der Waals surface area contributed by atoms with Gasteiger partial charge in [0.15, 0.2) is 0 Å². The fraction of sp³-hybridized carbons (Fsp3) is 1.00. The standard InChI is InChI=1S/C6H13NO4.C6H13NO3.CH4/c8-2-3-5(10)6(11)4(9)1-7-3;1-3-5(9)6(10)4(8)2-7-3;/h3-11H,1-2H2;3-10H,2H2,1H3;1H4/t3?,4?,5-,6-;3-,4?,5?,6-;/m01./s1. The second-order valence-corrected chi connectivity index (χ2v) is 5.49. The Morgan fingerprint density at radius 1 is 0.773 bits per heavy atom. The highest BCUT2D eigenvalue weighted by molar-refractivity contribution is 4.91. The van der Waals surface area contributed by atoms with Crippen molar-refractivity contribution in [3.05, 3.63) is 0 Å². The summed E-state index contributed by atoms with van der Waals surface area (Å²) in [7, 11) is 0. The number of aliphatic hydroxyl groups excluding tert-OH is 7. The molecule has 4 unspecified atom stereocenters. The summed E-state index contributed by atoms with van der Waals surface area (Å²) in [5.41, 5.74) is 0. The molecule has 2 aliphatic rings. The van der Waals surface area contributed by atoms with Crippen LogP contribution in [0.2, 0.25) is 0 Å². The number of aliphatic hydroxyl groups is 7. The van der Waals surface area contributed by atoms with Gasteiger partial charge < -0.3 is 46.4 Å². The van der Waals surface area contributed by atoms with Gasteiger partial charge in [-0.1, -0.05) is 7.43 Å². The summed E-state index contributed by atoms with van der Waals surface area (Å²) in [6.07, 6.45) is -5.91. The topological polar surface area (TPSA) is 166 Å². The summed E-state index contributed by atoms with van der Waals surface area (Å²) in [4.78, 5) is 0. The molecule has 2 fully saturated rings. The van der Waals surface area contributed by atoms with Gasteiger partial charge in [0.2, 0.25) is 0 Å². The average Bonchev–Trinajstić information content (AvgIpc) is 2.48. The van der Waals surface area contributed by atoms with Gasteiger partial charge in [-0.3, -0.25) is 0 Å². The number of hydrogen-bond donors (Lipinski definition) is 9. The summed E-state index contributed by atoms with van der Waals surface area (Å²) < 4.78 is 0. The van der Waals surface area contributed by atoms with E-state index in [2.05, 4.69) is 10.6 Å². The highest BCUT2D eigenvalue weighted by atomic mass is 16.4. The Balaban J connectivity index is 0.000000385. The molecule has 9 heteroatoms. The first-order valence-corrected chi connectivity index (χ1v) is 6.95. The molecule has 0 radical (unpaired) electrons. The van der Waals surface area contributed by atoms with Crippen LogP contribution < -0.4 is 10.6 Å². The van der Waals surface area contributed by atoms with E-state index >= 15 is 0 Å². The Bertz CT molecular complexity index is 294. The highest BCUT2D eigenvalue weighted by Gasteiger charge is 2.35. The lowest BCUT2D eigenvalue weighted by atomic mass is 9.97. The fourth-order valence-corrected chi connectivity index (χ4v) is 2.22. The summed E-state index contributed by atoms with van der Waals surface area (Å²) in [6.45, 7) is 2.06. The molecule has 0 aromatic rings.